The first-order chi connectivity index (χ1) is 6.24. The number of benzene rings is 1. The van der Waals surface area contributed by atoms with Crippen LogP contribution < -0.4 is 0 Å². The van der Waals surface area contributed by atoms with Gasteiger partial charge in [0, 0.05) is 19.7 Å². The highest BCUT2D eigenvalue weighted by molar-refractivity contribution is 14.1. The highest BCUT2D eigenvalue weighted by Gasteiger charge is 2.08. The lowest BCUT2D eigenvalue weighted by Crippen LogP contribution is -1.82. The van der Waals surface area contributed by atoms with E-state index in [9.17, 15) is 5.11 Å². The Labute approximate surface area is 102 Å². The molecule has 0 bridgehead atoms. The lowest BCUT2D eigenvalue weighted by Gasteiger charge is -2.00. The molecule has 0 amide bonds. The molecule has 1 aromatic carbocycles. The lowest BCUT2D eigenvalue weighted by molar-refractivity contribution is 0.483. The predicted octanol–water partition coefficient (Wildman–Crippen LogP) is 4.11. The summed E-state index contributed by atoms with van der Waals surface area (Å²) in [6.07, 6.45) is 0. The van der Waals surface area contributed by atoms with Crippen LogP contribution in [0, 0.1) is 3.57 Å². The minimum absolute atomic E-state index is 0.388. The van der Waals surface area contributed by atoms with Crippen LogP contribution in [0.3, 0.4) is 0 Å². The first kappa shape index (κ1) is 9.73. The summed E-state index contributed by atoms with van der Waals surface area (Å²) in [6, 6.07) is 4.02. The van der Waals surface area contributed by atoms with Crippen LogP contribution >= 0.6 is 49.9 Å². The number of rotatable bonds is 1. The SMILES string of the molecule is Oc1csc2c(I)c(CBr)ccc12. The van der Waals surface area contributed by atoms with Gasteiger partial charge in [0.05, 0.1) is 4.70 Å². The van der Waals surface area contributed by atoms with Gasteiger partial charge in [-0.25, -0.2) is 0 Å². The fourth-order valence-electron chi connectivity index (χ4n) is 1.20. The molecule has 1 aromatic heterocycles. The van der Waals surface area contributed by atoms with Gasteiger partial charge in [-0.2, -0.15) is 0 Å². The van der Waals surface area contributed by atoms with Crippen molar-refractivity contribution in [2.45, 2.75) is 5.33 Å². The molecule has 0 aliphatic rings. The number of aromatic hydroxyl groups is 1. The Bertz CT molecular complexity index is 452. The van der Waals surface area contributed by atoms with Gasteiger partial charge in [-0.15, -0.1) is 11.3 Å². The topological polar surface area (TPSA) is 20.2 Å². The van der Waals surface area contributed by atoms with E-state index in [1.54, 1.807) is 16.7 Å². The Hall–Kier alpha value is 0.190. The van der Waals surface area contributed by atoms with Crippen molar-refractivity contribution in [1.29, 1.82) is 0 Å². The number of thiophene rings is 1. The molecule has 68 valence electrons. The van der Waals surface area contributed by atoms with Crippen LogP contribution in [-0.2, 0) is 5.33 Å². The Morgan fingerprint density at radius 1 is 1.46 bits per heavy atom. The fraction of sp³-hybridized carbons (Fsp3) is 0.111. The second-order valence-electron chi connectivity index (χ2n) is 2.67. The van der Waals surface area contributed by atoms with Gasteiger partial charge in [-0.3, -0.25) is 0 Å². The van der Waals surface area contributed by atoms with E-state index in [2.05, 4.69) is 38.5 Å². The first-order valence-electron chi connectivity index (χ1n) is 3.67. The van der Waals surface area contributed by atoms with Gasteiger partial charge in [-0.05, 0) is 34.2 Å². The molecule has 0 spiro atoms. The van der Waals surface area contributed by atoms with Crippen LogP contribution in [0.25, 0.3) is 10.1 Å². The molecular formula is C9H6BrIOS. The van der Waals surface area contributed by atoms with E-state index in [-0.39, 0.29) is 0 Å². The molecule has 0 fully saturated rings. The molecule has 0 unspecified atom stereocenters. The summed E-state index contributed by atoms with van der Waals surface area (Å²) in [5.74, 6) is 0.388. The maximum atomic E-state index is 9.49. The number of hydrogen-bond donors (Lipinski definition) is 1. The summed E-state index contributed by atoms with van der Waals surface area (Å²) in [5.41, 5.74) is 1.27. The van der Waals surface area contributed by atoms with Crippen molar-refractivity contribution >= 4 is 59.9 Å². The van der Waals surface area contributed by atoms with Gasteiger partial charge in [-0.1, -0.05) is 22.0 Å². The second kappa shape index (κ2) is 3.74. The normalized spacial score (nSPS) is 10.9. The lowest BCUT2D eigenvalue weighted by atomic mass is 10.2. The highest BCUT2D eigenvalue weighted by atomic mass is 127. The minimum atomic E-state index is 0.388. The maximum Gasteiger partial charge on any atom is 0.134 e. The van der Waals surface area contributed by atoms with Crippen molar-refractivity contribution in [3.05, 3.63) is 26.6 Å². The maximum absolute atomic E-state index is 9.49. The standard InChI is InChI=1S/C9H6BrIOS/c10-3-5-1-2-6-7(12)4-13-9(6)8(5)11/h1-2,4,12H,3H2. The molecule has 1 heterocycles. The van der Waals surface area contributed by atoms with Crippen molar-refractivity contribution in [1.82, 2.24) is 0 Å². The zero-order valence-corrected chi connectivity index (χ0v) is 11.1. The average molecular weight is 369 g/mol. The van der Waals surface area contributed by atoms with Crippen molar-refractivity contribution in [3.8, 4) is 5.75 Å². The number of halogens is 2. The average Bonchev–Trinajstić information content (AvgIpc) is 2.50. The molecule has 0 aliphatic carbocycles. The molecule has 0 saturated carbocycles. The summed E-state index contributed by atoms with van der Waals surface area (Å²) >= 11 is 7.35. The van der Waals surface area contributed by atoms with Gasteiger partial charge in [0.25, 0.3) is 0 Å². The predicted molar refractivity (Wildman–Crippen MR) is 68.8 cm³/mol. The third-order valence-corrected chi connectivity index (χ3v) is 5.09. The molecule has 1 nitrogen and oxygen atoms in total. The molecule has 4 heteroatoms. The number of alkyl halides is 1. The summed E-state index contributed by atoms with van der Waals surface area (Å²) in [4.78, 5) is 0. The Balaban J connectivity index is 2.80. The highest BCUT2D eigenvalue weighted by Crippen LogP contribution is 2.36. The van der Waals surface area contributed by atoms with E-state index in [1.165, 1.54) is 13.8 Å². The fourth-order valence-corrected chi connectivity index (χ4v) is 4.12. The quantitative estimate of drug-likeness (QED) is 0.593. The van der Waals surface area contributed by atoms with Gasteiger partial charge >= 0.3 is 0 Å². The van der Waals surface area contributed by atoms with Crippen LogP contribution in [0.4, 0.5) is 0 Å². The summed E-state index contributed by atoms with van der Waals surface area (Å²) in [7, 11) is 0. The summed E-state index contributed by atoms with van der Waals surface area (Å²) in [5, 5.41) is 13.1. The molecule has 2 aromatic rings. The summed E-state index contributed by atoms with van der Waals surface area (Å²) < 4.78 is 2.41. The Morgan fingerprint density at radius 2 is 2.23 bits per heavy atom. The molecule has 0 atom stereocenters. The van der Waals surface area contributed by atoms with E-state index in [4.69, 9.17) is 0 Å². The van der Waals surface area contributed by atoms with E-state index in [1.807, 2.05) is 12.1 Å². The van der Waals surface area contributed by atoms with Crippen molar-refractivity contribution in [2.24, 2.45) is 0 Å². The van der Waals surface area contributed by atoms with Crippen LogP contribution in [0.2, 0.25) is 0 Å². The van der Waals surface area contributed by atoms with E-state index >= 15 is 0 Å². The monoisotopic (exact) mass is 368 g/mol. The molecular weight excluding hydrogens is 363 g/mol. The van der Waals surface area contributed by atoms with E-state index in [0.717, 1.165) is 10.7 Å². The largest absolute Gasteiger partial charge is 0.506 e. The zero-order chi connectivity index (χ0) is 9.42. The van der Waals surface area contributed by atoms with Crippen molar-refractivity contribution < 1.29 is 5.11 Å². The van der Waals surface area contributed by atoms with Gasteiger partial charge < -0.3 is 5.11 Å². The molecule has 1 N–H and O–H groups in total. The van der Waals surface area contributed by atoms with E-state index in [0.29, 0.717) is 5.75 Å². The van der Waals surface area contributed by atoms with Crippen LogP contribution in [-0.4, -0.2) is 5.11 Å². The third kappa shape index (κ3) is 1.59. The Kier molecular flexibility index (Phi) is 2.80. The van der Waals surface area contributed by atoms with E-state index < -0.39 is 0 Å². The minimum Gasteiger partial charge on any atom is -0.506 e. The first-order valence-corrected chi connectivity index (χ1v) is 6.75. The number of fused-ring (bicyclic) bond motifs is 1. The van der Waals surface area contributed by atoms with Gasteiger partial charge in [0.1, 0.15) is 5.75 Å². The molecule has 0 aliphatic heterocycles. The second-order valence-corrected chi connectivity index (χ2v) is 5.19. The molecule has 13 heavy (non-hydrogen) atoms. The van der Waals surface area contributed by atoms with Crippen LogP contribution in [0.15, 0.2) is 17.5 Å². The molecule has 0 saturated heterocycles. The number of hydrogen-bond acceptors (Lipinski definition) is 2. The zero-order valence-electron chi connectivity index (χ0n) is 6.55. The Morgan fingerprint density at radius 3 is 2.92 bits per heavy atom. The summed E-state index contributed by atoms with van der Waals surface area (Å²) in [6.45, 7) is 0. The van der Waals surface area contributed by atoms with Gasteiger partial charge in [0.15, 0.2) is 0 Å². The van der Waals surface area contributed by atoms with Crippen LogP contribution in [0.1, 0.15) is 5.56 Å². The smallest absolute Gasteiger partial charge is 0.134 e. The van der Waals surface area contributed by atoms with Crippen molar-refractivity contribution in [2.75, 3.05) is 0 Å². The van der Waals surface area contributed by atoms with Crippen molar-refractivity contribution in [3.63, 3.8) is 0 Å². The molecule has 0 radical (unpaired) electrons. The van der Waals surface area contributed by atoms with Crippen LogP contribution in [0.5, 0.6) is 5.75 Å². The molecule has 2 rings (SSSR count). The third-order valence-electron chi connectivity index (χ3n) is 1.89. The van der Waals surface area contributed by atoms with Gasteiger partial charge in [0.2, 0.25) is 0 Å².